The Morgan fingerprint density at radius 3 is 0.624 bits per heavy atom. The smallest absolute Gasteiger partial charge is 0.187 e. The molecule has 0 amide bonds. The van der Waals surface area contributed by atoms with Crippen LogP contribution in [0.15, 0.2) is 0 Å². The maximum atomic E-state index is 11.1. The number of methoxy groups -OCH3 is 18. The standard InChI is InChI=1S/C54H98O31/c1-57-19-25-31(55)37(63-7)44(70-14)50(76-25)82-33-27(21-59-3)78-52(46(72-16)39(33)65-9)84-35-29(23-61-5)80-54(48(74-18)41(35)67-11)85-36-30(24-62-6)79-53(47(73-17)42(36)68-12)83-34-28(22-60-4)77-51(45(71-15)40(34)66-10)81-32-26(20-58-2)75-49(56)43(69-13)38(32)64-8/h25-56H,19-24H2,1-18H3/t25-,26-,27-,28-,29-,30-,31-,32-,33-,34-,35-,36-,37+,38+,39+,40+,41+,42+,43-,44-,45-,46-,47-,48-,49-,50-,51-,52-,53-,54-/m1/s1. The van der Waals surface area contributed by atoms with Crippen molar-refractivity contribution in [2.45, 2.75) is 184 Å². The molecule has 31 heteroatoms. The molecule has 0 spiro atoms. The summed E-state index contributed by atoms with van der Waals surface area (Å²) in [6, 6.07) is 0. The third kappa shape index (κ3) is 16.5. The van der Waals surface area contributed by atoms with Crippen molar-refractivity contribution in [1.29, 1.82) is 0 Å². The molecular weight excluding hydrogens is 1140 g/mol. The predicted molar refractivity (Wildman–Crippen MR) is 285 cm³/mol. The van der Waals surface area contributed by atoms with E-state index < -0.39 is 184 Å². The Morgan fingerprint density at radius 2 is 0.400 bits per heavy atom. The zero-order valence-electron chi connectivity index (χ0n) is 52.3. The first kappa shape index (κ1) is 72.8. The van der Waals surface area contributed by atoms with Gasteiger partial charge < -0.3 is 148 Å². The fraction of sp³-hybridized carbons (Fsp3) is 1.00. The van der Waals surface area contributed by atoms with Crippen molar-refractivity contribution in [2.24, 2.45) is 0 Å². The molecule has 2 N–H and O–H groups in total. The number of aliphatic hydroxyl groups is 2. The van der Waals surface area contributed by atoms with Crippen LogP contribution in [0.2, 0.25) is 0 Å². The maximum Gasteiger partial charge on any atom is 0.187 e. The fourth-order valence-electron chi connectivity index (χ4n) is 12.3. The van der Waals surface area contributed by atoms with E-state index in [0.717, 1.165) is 0 Å². The van der Waals surface area contributed by atoms with Crippen molar-refractivity contribution in [2.75, 3.05) is 168 Å². The molecule has 0 bridgehead atoms. The van der Waals surface area contributed by atoms with Crippen molar-refractivity contribution in [3.63, 3.8) is 0 Å². The Labute approximate surface area is 498 Å². The Hall–Kier alpha value is -1.24. The first-order chi connectivity index (χ1) is 41.2. The van der Waals surface area contributed by atoms with Crippen molar-refractivity contribution in [3.05, 3.63) is 0 Å². The summed E-state index contributed by atoms with van der Waals surface area (Å²) in [6.45, 7) is 0.00654. The quantitative estimate of drug-likeness (QED) is 0.0683. The van der Waals surface area contributed by atoms with Crippen LogP contribution in [-0.2, 0) is 137 Å². The van der Waals surface area contributed by atoms with Crippen LogP contribution in [-0.4, -0.2) is 362 Å². The second-order valence-corrected chi connectivity index (χ2v) is 20.9. The minimum Gasteiger partial charge on any atom is -0.387 e. The van der Waals surface area contributed by atoms with Crippen molar-refractivity contribution in [1.82, 2.24) is 0 Å². The number of aliphatic hydroxyl groups excluding tert-OH is 2. The van der Waals surface area contributed by atoms with Gasteiger partial charge in [-0.05, 0) is 0 Å². The van der Waals surface area contributed by atoms with Gasteiger partial charge in [-0.3, -0.25) is 0 Å². The molecule has 6 aliphatic heterocycles. The SMILES string of the molecule is COC[C@H]1O[C@H](O[C@H]2[C@H](OC)[C@@H](OC)[C@@H](O[C@H]3[C@H](OC)[C@@H](OC)[C@@H](O[C@H]4[C@H](OC)[C@@H](OC)[C@@H](O[C@H]5[C@H](OC)[C@@H](OC)[C@@H](O[C@H]6[C@H](OC)[C@@H](OC)[C@H](O)O[C@@H]6COC)O[C@@H]5COC)O[C@@H]4COC)O[C@@H]3COC)O[C@@H]2COC)[C@H](OC)[C@@H](OC)[C@@H]1O. The summed E-state index contributed by atoms with van der Waals surface area (Å²) in [6.07, 6.45) is -29.3. The molecule has 85 heavy (non-hydrogen) atoms. The normalized spacial score (nSPS) is 44.6. The predicted octanol–water partition coefficient (Wildman–Crippen LogP) is -2.33. The zero-order chi connectivity index (χ0) is 62.1. The first-order valence-corrected chi connectivity index (χ1v) is 28.1. The van der Waals surface area contributed by atoms with Gasteiger partial charge in [-0.25, -0.2) is 0 Å². The van der Waals surface area contributed by atoms with Gasteiger partial charge in [0.1, 0.15) is 146 Å². The van der Waals surface area contributed by atoms with Crippen LogP contribution in [0.25, 0.3) is 0 Å². The molecular formula is C54H98O31. The van der Waals surface area contributed by atoms with Crippen LogP contribution < -0.4 is 0 Å². The lowest BCUT2D eigenvalue weighted by Gasteiger charge is -2.52. The van der Waals surface area contributed by atoms with Gasteiger partial charge in [-0.2, -0.15) is 0 Å². The van der Waals surface area contributed by atoms with Gasteiger partial charge in [0.2, 0.25) is 0 Å². The lowest BCUT2D eigenvalue weighted by atomic mass is 9.94. The minimum absolute atomic E-state index is 0.000681. The molecule has 6 saturated heterocycles. The lowest BCUT2D eigenvalue weighted by Crippen LogP contribution is -2.69. The van der Waals surface area contributed by atoms with E-state index in [-0.39, 0.29) is 39.6 Å². The van der Waals surface area contributed by atoms with E-state index in [9.17, 15) is 10.2 Å². The molecule has 0 unspecified atom stereocenters. The van der Waals surface area contributed by atoms with Crippen LogP contribution in [0.4, 0.5) is 0 Å². The van der Waals surface area contributed by atoms with E-state index >= 15 is 0 Å². The van der Waals surface area contributed by atoms with E-state index in [4.69, 9.17) is 137 Å². The van der Waals surface area contributed by atoms with Crippen LogP contribution >= 0.6 is 0 Å². The minimum atomic E-state index is -1.34. The maximum absolute atomic E-state index is 11.1. The summed E-state index contributed by atoms with van der Waals surface area (Å²) < 4.78 is 179. The second kappa shape index (κ2) is 36.1. The Morgan fingerprint density at radius 1 is 0.212 bits per heavy atom. The van der Waals surface area contributed by atoms with E-state index in [0.29, 0.717) is 0 Å². The number of rotatable bonds is 34. The van der Waals surface area contributed by atoms with Gasteiger partial charge in [-0.1, -0.05) is 0 Å². The van der Waals surface area contributed by atoms with E-state index in [1.165, 1.54) is 128 Å². The highest BCUT2D eigenvalue weighted by atomic mass is 16.8. The molecule has 500 valence electrons. The summed E-state index contributed by atoms with van der Waals surface area (Å²) in [5.41, 5.74) is 0. The molecule has 0 aliphatic carbocycles. The summed E-state index contributed by atoms with van der Waals surface area (Å²) in [5.74, 6) is 0. The van der Waals surface area contributed by atoms with Gasteiger partial charge in [0.15, 0.2) is 37.7 Å². The molecule has 0 radical (unpaired) electrons. The molecule has 30 atom stereocenters. The van der Waals surface area contributed by atoms with Gasteiger partial charge in [0.25, 0.3) is 0 Å². The van der Waals surface area contributed by atoms with Crippen LogP contribution in [0.1, 0.15) is 0 Å². The molecule has 6 heterocycles. The van der Waals surface area contributed by atoms with Crippen LogP contribution in [0, 0.1) is 0 Å². The average molecular weight is 1240 g/mol. The van der Waals surface area contributed by atoms with Crippen molar-refractivity contribution in [3.8, 4) is 0 Å². The summed E-state index contributed by atoms with van der Waals surface area (Å²) in [4.78, 5) is 0. The molecule has 6 fully saturated rings. The third-order valence-corrected chi connectivity index (χ3v) is 16.3. The van der Waals surface area contributed by atoms with E-state index in [1.807, 2.05) is 0 Å². The summed E-state index contributed by atoms with van der Waals surface area (Å²) in [7, 11) is 26.8. The molecule has 6 aliphatic rings. The van der Waals surface area contributed by atoms with Gasteiger partial charge in [0, 0.05) is 128 Å². The molecule has 6 rings (SSSR count). The first-order valence-electron chi connectivity index (χ1n) is 28.1. The average Bonchev–Trinajstić information content (AvgIpc) is 3.07. The Balaban J connectivity index is 1.24. The van der Waals surface area contributed by atoms with Crippen LogP contribution in [0.3, 0.4) is 0 Å². The third-order valence-electron chi connectivity index (χ3n) is 16.3. The molecule has 0 aromatic rings. The van der Waals surface area contributed by atoms with E-state index in [1.54, 1.807) is 0 Å². The number of ether oxygens (including phenoxy) is 29. The molecule has 0 saturated carbocycles. The Kier molecular flexibility index (Phi) is 30.9. The highest BCUT2D eigenvalue weighted by molar-refractivity contribution is 5.02. The van der Waals surface area contributed by atoms with Gasteiger partial charge in [0.05, 0.1) is 39.6 Å². The van der Waals surface area contributed by atoms with Gasteiger partial charge >= 0.3 is 0 Å². The highest BCUT2D eigenvalue weighted by Gasteiger charge is 2.60. The number of hydrogen-bond acceptors (Lipinski definition) is 31. The highest BCUT2D eigenvalue weighted by Crippen LogP contribution is 2.41. The largest absolute Gasteiger partial charge is 0.387 e. The Bertz CT molecular complexity index is 1820. The molecule has 0 aromatic heterocycles. The van der Waals surface area contributed by atoms with Gasteiger partial charge in [-0.15, -0.1) is 0 Å². The lowest BCUT2D eigenvalue weighted by molar-refractivity contribution is -0.402. The van der Waals surface area contributed by atoms with E-state index in [2.05, 4.69) is 0 Å². The molecule has 0 aromatic carbocycles. The summed E-state index contributed by atoms with van der Waals surface area (Å²) in [5, 5.41) is 21.9. The fourth-order valence-corrected chi connectivity index (χ4v) is 12.3. The summed E-state index contributed by atoms with van der Waals surface area (Å²) >= 11 is 0. The topological polar surface area (TPSA) is 308 Å². The van der Waals surface area contributed by atoms with Crippen molar-refractivity contribution >= 4 is 0 Å². The number of hydrogen-bond donors (Lipinski definition) is 2. The zero-order valence-corrected chi connectivity index (χ0v) is 52.3. The van der Waals surface area contributed by atoms with Crippen LogP contribution in [0.5, 0.6) is 0 Å². The van der Waals surface area contributed by atoms with Crippen molar-refractivity contribution < 1.29 is 148 Å². The molecule has 31 nitrogen and oxygen atoms in total. The second-order valence-electron chi connectivity index (χ2n) is 20.9. The monoisotopic (exact) mass is 1240 g/mol.